The minimum absolute atomic E-state index is 0.0687. The van der Waals surface area contributed by atoms with E-state index in [-0.39, 0.29) is 28.7 Å². The number of pyridine rings is 1. The number of rotatable bonds is 6. The maximum atomic E-state index is 13.9. The van der Waals surface area contributed by atoms with Gasteiger partial charge in [0.05, 0.1) is 22.8 Å². The number of hydrogen-bond donors (Lipinski definition) is 1. The van der Waals surface area contributed by atoms with Gasteiger partial charge in [-0.05, 0) is 65.5 Å². The summed E-state index contributed by atoms with van der Waals surface area (Å²) in [6, 6.07) is 8.87. The lowest BCUT2D eigenvalue weighted by Gasteiger charge is -2.40. The van der Waals surface area contributed by atoms with Crippen LogP contribution in [0.4, 0.5) is 5.69 Å². The third-order valence-corrected chi connectivity index (χ3v) is 8.93. The number of benzene rings is 1. The van der Waals surface area contributed by atoms with Crippen molar-refractivity contribution < 1.29 is 18.0 Å². The van der Waals surface area contributed by atoms with Crippen molar-refractivity contribution in [3.05, 3.63) is 65.4 Å². The average molecular weight is 547 g/mol. The Balaban J connectivity index is 1.72. The van der Waals surface area contributed by atoms with Gasteiger partial charge in [-0.1, -0.05) is 12.1 Å². The van der Waals surface area contributed by atoms with Gasteiger partial charge in [0.1, 0.15) is 6.04 Å². The molecule has 2 saturated heterocycles. The van der Waals surface area contributed by atoms with E-state index in [0.717, 1.165) is 12.1 Å². The molecule has 1 N–H and O–H groups in total. The molecule has 3 heterocycles. The zero-order chi connectivity index (χ0) is 24.5. The fraction of sp³-hybridized carbons (Fsp3) is 0.375. The van der Waals surface area contributed by atoms with Crippen molar-refractivity contribution in [2.45, 2.75) is 49.7 Å². The molecule has 0 spiro atoms. The van der Waals surface area contributed by atoms with Crippen molar-refractivity contribution in [1.29, 1.82) is 0 Å². The fourth-order valence-electron chi connectivity index (χ4n) is 4.79. The van der Waals surface area contributed by atoms with Crippen molar-refractivity contribution in [3.8, 4) is 0 Å². The van der Waals surface area contributed by atoms with Crippen LogP contribution in [0.1, 0.15) is 31.9 Å². The quantitative estimate of drug-likeness (QED) is 0.558. The van der Waals surface area contributed by atoms with E-state index in [1.165, 1.54) is 23.4 Å². The molecule has 2 bridgehead atoms. The van der Waals surface area contributed by atoms with Crippen molar-refractivity contribution in [2.75, 3.05) is 11.9 Å². The van der Waals surface area contributed by atoms with Crippen LogP contribution in [0.5, 0.6) is 0 Å². The molecule has 10 heteroatoms. The van der Waals surface area contributed by atoms with Gasteiger partial charge in [-0.25, -0.2) is 8.42 Å². The summed E-state index contributed by atoms with van der Waals surface area (Å²) in [6.45, 7) is 6.05. The van der Waals surface area contributed by atoms with Gasteiger partial charge >= 0.3 is 0 Å². The highest BCUT2D eigenvalue weighted by Gasteiger charge is 2.49. The second-order valence-corrected chi connectivity index (χ2v) is 11.3. The monoisotopic (exact) mass is 546 g/mol. The van der Waals surface area contributed by atoms with Gasteiger partial charge in [-0.15, -0.1) is 6.58 Å². The standard InChI is InChI=1S/C24H27BrN4O4S/c1-3-17-14-28(15-18-7-4-5-12-26-18)24(31)23-9-6-8-22(17)29(23)34(32,33)19-10-11-21(20(25)13-19)27-16(2)30/h3-5,7,10-13,17,22-23H,1,6,8-9,14-15H2,2H3,(H,27,30)/t17-,22?,23?/m0/s1. The molecule has 0 aliphatic carbocycles. The first-order valence-corrected chi connectivity index (χ1v) is 13.4. The average Bonchev–Trinajstić information content (AvgIpc) is 2.88. The van der Waals surface area contributed by atoms with Crippen molar-refractivity contribution in [2.24, 2.45) is 5.92 Å². The van der Waals surface area contributed by atoms with Gasteiger partial charge in [0.15, 0.2) is 0 Å². The van der Waals surface area contributed by atoms with Crippen LogP contribution >= 0.6 is 15.9 Å². The molecule has 1 aromatic carbocycles. The van der Waals surface area contributed by atoms with Crippen molar-refractivity contribution in [1.82, 2.24) is 14.2 Å². The zero-order valence-electron chi connectivity index (χ0n) is 18.9. The van der Waals surface area contributed by atoms with E-state index in [4.69, 9.17) is 0 Å². The van der Waals surface area contributed by atoms with E-state index in [2.05, 4.69) is 32.8 Å². The van der Waals surface area contributed by atoms with Gasteiger partial charge in [-0.3, -0.25) is 14.6 Å². The largest absolute Gasteiger partial charge is 0.335 e. The topological polar surface area (TPSA) is 99.7 Å². The van der Waals surface area contributed by atoms with Gasteiger partial charge in [0, 0.05) is 36.1 Å². The third kappa shape index (κ3) is 4.80. The molecule has 4 rings (SSSR count). The highest BCUT2D eigenvalue weighted by Crippen LogP contribution is 2.38. The Bertz CT molecular complexity index is 1200. The summed E-state index contributed by atoms with van der Waals surface area (Å²) < 4.78 is 29.7. The van der Waals surface area contributed by atoms with E-state index in [1.807, 2.05) is 18.2 Å². The van der Waals surface area contributed by atoms with Crippen LogP contribution in [-0.4, -0.2) is 53.0 Å². The number of amides is 2. The first-order chi connectivity index (χ1) is 16.2. The summed E-state index contributed by atoms with van der Waals surface area (Å²) in [5.41, 5.74) is 1.23. The summed E-state index contributed by atoms with van der Waals surface area (Å²) in [5, 5.41) is 2.66. The van der Waals surface area contributed by atoms with Gasteiger partial charge in [0.2, 0.25) is 21.8 Å². The maximum absolute atomic E-state index is 13.9. The Morgan fingerprint density at radius 1 is 1.29 bits per heavy atom. The molecule has 2 aliphatic rings. The number of aromatic nitrogens is 1. The molecule has 2 unspecified atom stereocenters. The van der Waals surface area contributed by atoms with Gasteiger partial charge in [0.25, 0.3) is 0 Å². The summed E-state index contributed by atoms with van der Waals surface area (Å²) in [7, 11) is -4.00. The molecule has 2 aliphatic heterocycles. The Kier molecular flexibility index (Phi) is 7.20. The number of nitrogens with one attached hydrogen (secondary N) is 1. The molecule has 8 nitrogen and oxygen atoms in total. The van der Waals surface area contributed by atoms with Crippen LogP contribution in [-0.2, 0) is 26.2 Å². The highest BCUT2D eigenvalue weighted by molar-refractivity contribution is 9.10. The maximum Gasteiger partial charge on any atom is 0.244 e. The Labute approximate surface area is 208 Å². The number of fused-ring (bicyclic) bond motifs is 2. The summed E-state index contributed by atoms with van der Waals surface area (Å²) in [4.78, 5) is 31.2. The van der Waals surface area contributed by atoms with E-state index >= 15 is 0 Å². The number of anilines is 1. The van der Waals surface area contributed by atoms with Crippen LogP contribution in [0, 0.1) is 5.92 Å². The van der Waals surface area contributed by atoms with E-state index in [9.17, 15) is 18.0 Å². The normalized spacial score (nSPS) is 23.3. The molecule has 0 radical (unpaired) electrons. The molecule has 1 aromatic heterocycles. The molecule has 3 atom stereocenters. The molecule has 34 heavy (non-hydrogen) atoms. The molecule has 180 valence electrons. The second-order valence-electron chi connectivity index (χ2n) is 8.61. The minimum Gasteiger partial charge on any atom is -0.335 e. The number of carbonyl (C=O) groups is 2. The smallest absolute Gasteiger partial charge is 0.244 e. The minimum atomic E-state index is -4.00. The van der Waals surface area contributed by atoms with E-state index in [1.54, 1.807) is 23.2 Å². The lowest BCUT2D eigenvalue weighted by molar-refractivity contribution is -0.135. The molecular formula is C24H27BrN4O4S. The number of piperidine rings is 1. The molecule has 2 fully saturated rings. The van der Waals surface area contributed by atoms with E-state index < -0.39 is 16.1 Å². The zero-order valence-corrected chi connectivity index (χ0v) is 21.3. The predicted octanol–water partition coefficient (Wildman–Crippen LogP) is 3.56. The van der Waals surface area contributed by atoms with Crippen LogP contribution in [0.3, 0.4) is 0 Å². The van der Waals surface area contributed by atoms with Crippen LogP contribution in [0.25, 0.3) is 0 Å². The SMILES string of the molecule is C=C[C@H]1CN(Cc2ccccn2)C(=O)C2CCCC1N2S(=O)(=O)c1ccc(NC(C)=O)c(Br)c1. The van der Waals surface area contributed by atoms with E-state index in [0.29, 0.717) is 36.1 Å². The number of nitrogens with zero attached hydrogens (tertiary/aromatic N) is 3. The van der Waals surface area contributed by atoms with Crippen LogP contribution in [0.2, 0.25) is 0 Å². The van der Waals surface area contributed by atoms with Crippen LogP contribution in [0.15, 0.2) is 64.6 Å². The summed E-state index contributed by atoms with van der Waals surface area (Å²) >= 11 is 3.36. The number of hydrogen-bond acceptors (Lipinski definition) is 5. The highest BCUT2D eigenvalue weighted by atomic mass is 79.9. The van der Waals surface area contributed by atoms with Crippen molar-refractivity contribution in [3.63, 3.8) is 0 Å². The number of sulfonamides is 1. The molecule has 2 aromatic rings. The number of halogens is 1. The Hall–Kier alpha value is -2.56. The Morgan fingerprint density at radius 2 is 2.09 bits per heavy atom. The molecule has 0 saturated carbocycles. The van der Waals surface area contributed by atoms with Crippen molar-refractivity contribution >= 4 is 43.5 Å². The molecular weight excluding hydrogens is 520 g/mol. The number of carbonyl (C=O) groups excluding carboxylic acids is 2. The fourth-order valence-corrected chi connectivity index (χ4v) is 7.32. The lowest BCUT2D eigenvalue weighted by Crippen LogP contribution is -2.54. The molecule has 2 amide bonds. The van der Waals surface area contributed by atoms with Crippen LogP contribution < -0.4 is 5.32 Å². The Morgan fingerprint density at radius 3 is 2.74 bits per heavy atom. The summed E-state index contributed by atoms with van der Waals surface area (Å²) in [5.74, 6) is -0.683. The van der Waals surface area contributed by atoms with Gasteiger partial charge < -0.3 is 10.2 Å². The third-order valence-electron chi connectivity index (χ3n) is 6.34. The lowest BCUT2D eigenvalue weighted by atomic mass is 9.90. The summed E-state index contributed by atoms with van der Waals surface area (Å²) in [6.07, 6.45) is 5.32. The second kappa shape index (κ2) is 9.97. The van der Waals surface area contributed by atoms with Gasteiger partial charge in [-0.2, -0.15) is 4.31 Å². The first kappa shape index (κ1) is 24.6. The predicted molar refractivity (Wildman–Crippen MR) is 132 cm³/mol. The first-order valence-electron chi connectivity index (χ1n) is 11.1.